The maximum Gasteiger partial charge on any atom is 0.157 e. The number of anilines is 2. The Morgan fingerprint density at radius 1 is 1.07 bits per heavy atom. The summed E-state index contributed by atoms with van der Waals surface area (Å²) < 4.78 is 1.03. The first-order valence-electron chi connectivity index (χ1n) is 10.1. The number of hydrogen-bond donors (Lipinski definition) is 2. The van der Waals surface area contributed by atoms with E-state index in [1.54, 1.807) is 0 Å². The normalized spacial score (nSPS) is 11.6. The molecule has 0 unspecified atom stereocenters. The van der Waals surface area contributed by atoms with Crippen molar-refractivity contribution >= 4 is 67.6 Å². The molecule has 29 heavy (non-hydrogen) atoms. The second-order valence-electron chi connectivity index (χ2n) is 7.35. The average molecular weight is 519 g/mol. The van der Waals surface area contributed by atoms with Gasteiger partial charge < -0.3 is 10.3 Å². The summed E-state index contributed by atoms with van der Waals surface area (Å²) in [6.07, 6.45) is 4.56. The lowest BCUT2D eigenvalue weighted by Crippen LogP contribution is -2.00. The van der Waals surface area contributed by atoms with Gasteiger partial charge in [-0.1, -0.05) is 56.5 Å². The van der Waals surface area contributed by atoms with Crippen molar-refractivity contribution in [2.24, 2.45) is 0 Å². The van der Waals surface area contributed by atoms with Gasteiger partial charge in [0.2, 0.25) is 0 Å². The Balaban J connectivity index is 1.86. The highest BCUT2D eigenvalue weighted by Gasteiger charge is 2.19. The number of hydrogen-bond acceptors (Lipinski definition) is 3. The molecule has 0 aliphatic heterocycles. The molecular formula is C23H24ClIN4. The van der Waals surface area contributed by atoms with Crippen molar-refractivity contribution in [1.29, 1.82) is 0 Å². The Morgan fingerprint density at radius 2 is 1.83 bits per heavy atom. The van der Waals surface area contributed by atoms with Crippen LogP contribution in [0.15, 0.2) is 42.5 Å². The molecule has 0 atom stereocenters. The van der Waals surface area contributed by atoms with Gasteiger partial charge >= 0.3 is 0 Å². The Bertz CT molecular complexity index is 1150. The predicted molar refractivity (Wildman–Crippen MR) is 131 cm³/mol. The van der Waals surface area contributed by atoms with Crippen LogP contribution in [0.5, 0.6) is 0 Å². The number of nitrogens with one attached hydrogen (secondary N) is 2. The number of fused-ring (bicyclic) bond motifs is 3. The van der Waals surface area contributed by atoms with E-state index in [-0.39, 0.29) is 0 Å². The summed E-state index contributed by atoms with van der Waals surface area (Å²) in [5, 5.41) is 5.25. The summed E-state index contributed by atoms with van der Waals surface area (Å²) >= 11 is 8.55. The summed E-state index contributed by atoms with van der Waals surface area (Å²) in [6, 6.07) is 14.1. The Hall–Kier alpha value is -1.86. The number of halogens is 2. The van der Waals surface area contributed by atoms with E-state index in [4.69, 9.17) is 21.6 Å². The molecule has 4 nitrogen and oxygen atoms in total. The van der Waals surface area contributed by atoms with Crippen LogP contribution in [0.4, 0.5) is 11.5 Å². The van der Waals surface area contributed by atoms with Crippen LogP contribution in [0.2, 0.25) is 5.02 Å². The Kier molecular flexibility index (Phi) is 6.25. The standard InChI is InChI=1S/C23H24ClIN4/c1-3-7-14(8-4-2)22-28-20-16-9-5-6-10-19(16)27-23(21(20)29-22)26-15-11-12-18(25)17(24)13-15/h5-6,9-14H,3-4,7-8H2,1-2H3,(H,26,27)(H,28,29). The molecule has 0 aliphatic rings. The van der Waals surface area contributed by atoms with E-state index in [2.05, 4.69) is 52.8 Å². The maximum absolute atomic E-state index is 6.32. The molecule has 0 amide bonds. The lowest BCUT2D eigenvalue weighted by molar-refractivity contribution is 0.539. The minimum atomic E-state index is 0.441. The molecule has 4 rings (SSSR count). The lowest BCUT2D eigenvalue weighted by Gasteiger charge is -2.11. The molecule has 6 heteroatoms. The van der Waals surface area contributed by atoms with E-state index < -0.39 is 0 Å². The number of aromatic nitrogens is 3. The van der Waals surface area contributed by atoms with Gasteiger partial charge in [0.25, 0.3) is 0 Å². The van der Waals surface area contributed by atoms with Gasteiger partial charge in [-0.05, 0) is 59.7 Å². The molecule has 0 bridgehead atoms. The first-order valence-corrected chi connectivity index (χ1v) is 11.6. The number of para-hydroxylation sites is 1. The van der Waals surface area contributed by atoms with Gasteiger partial charge in [0.05, 0.1) is 10.5 Å². The van der Waals surface area contributed by atoms with Crippen molar-refractivity contribution in [3.63, 3.8) is 0 Å². The smallest absolute Gasteiger partial charge is 0.157 e. The van der Waals surface area contributed by atoms with Crippen LogP contribution in [0, 0.1) is 3.57 Å². The minimum Gasteiger partial charge on any atom is -0.339 e. The van der Waals surface area contributed by atoms with Crippen LogP contribution in [-0.4, -0.2) is 15.0 Å². The molecule has 2 heterocycles. The van der Waals surface area contributed by atoms with Crippen molar-refractivity contribution in [3.8, 4) is 0 Å². The van der Waals surface area contributed by atoms with Crippen molar-refractivity contribution in [2.75, 3.05) is 5.32 Å². The molecule has 0 aliphatic carbocycles. The molecule has 0 saturated heterocycles. The molecule has 0 spiro atoms. The highest BCUT2D eigenvalue weighted by molar-refractivity contribution is 14.1. The number of aromatic amines is 1. The molecule has 0 radical (unpaired) electrons. The highest BCUT2D eigenvalue weighted by atomic mass is 127. The quantitative estimate of drug-likeness (QED) is 0.245. The lowest BCUT2D eigenvalue weighted by atomic mass is 9.98. The van der Waals surface area contributed by atoms with Gasteiger partial charge in [-0.2, -0.15) is 0 Å². The maximum atomic E-state index is 6.32. The average Bonchev–Trinajstić information content (AvgIpc) is 3.17. The van der Waals surface area contributed by atoms with Crippen molar-refractivity contribution in [2.45, 2.75) is 45.4 Å². The minimum absolute atomic E-state index is 0.441. The van der Waals surface area contributed by atoms with Crippen LogP contribution in [0.25, 0.3) is 21.9 Å². The second kappa shape index (κ2) is 8.88. The molecule has 2 aromatic heterocycles. The monoisotopic (exact) mass is 518 g/mol. The molecule has 4 aromatic rings. The van der Waals surface area contributed by atoms with Crippen molar-refractivity contribution < 1.29 is 0 Å². The number of H-pyrrole nitrogens is 1. The molecule has 0 saturated carbocycles. The second-order valence-corrected chi connectivity index (χ2v) is 8.92. The van der Waals surface area contributed by atoms with Crippen LogP contribution < -0.4 is 5.32 Å². The first-order chi connectivity index (χ1) is 14.1. The van der Waals surface area contributed by atoms with E-state index in [1.807, 2.05) is 36.4 Å². The molecule has 2 N–H and O–H groups in total. The summed E-state index contributed by atoms with van der Waals surface area (Å²) in [6.45, 7) is 4.46. The van der Waals surface area contributed by atoms with Gasteiger partial charge in [-0.25, -0.2) is 9.97 Å². The largest absolute Gasteiger partial charge is 0.339 e. The summed E-state index contributed by atoms with van der Waals surface area (Å²) in [5.74, 6) is 2.28. The highest BCUT2D eigenvalue weighted by Crippen LogP contribution is 2.34. The molecule has 2 aromatic carbocycles. The van der Waals surface area contributed by atoms with Gasteiger partial charge in [0, 0.05) is 20.6 Å². The fourth-order valence-corrected chi connectivity index (χ4v) is 4.33. The SMILES string of the molecule is CCCC(CCC)c1nc2c([nH]1)c(Nc1ccc(I)c(Cl)c1)nc1ccccc12. The van der Waals surface area contributed by atoms with E-state index in [1.165, 1.54) is 0 Å². The van der Waals surface area contributed by atoms with E-state index in [0.717, 1.165) is 73.5 Å². The molecule has 0 fully saturated rings. The van der Waals surface area contributed by atoms with E-state index >= 15 is 0 Å². The van der Waals surface area contributed by atoms with Crippen molar-refractivity contribution in [3.05, 3.63) is 56.9 Å². The fraction of sp³-hybridized carbons (Fsp3) is 0.304. The Labute approximate surface area is 189 Å². The number of benzene rings is 2. The van der Waals surface area contributed by atoms with Crippen LogP contribution >= 0.6 is 34.2 Å². The van der Waals surface area contributed by atoms with Crippen LogP contribution in [0.3, 0.4) is 0 Å². The van der Waals surface area contributed by atoms with Gasteiger partial charge in [0.1, 0.15) is 16.9 Å². The molecule has 150 valence electrons. The number of rotatable bonds is 7. The van der Waals surface area contributed by atoms with Crippen molar-refractivity contribution in [1.82, 2.24) is 15.0 Å². The zero-order chi connectivity index (χ0) is 20.4. The number of imidazole rings is 1. The summed E-state index contributed by atoms with van der Waals surface area (Å²) in [7, 11) is 0. The topological polar surface area (TPSA) is 53.6 Å². The van der Waals surface area contributed by atoms with Crippen LogP contribution in [-0.2, 0) is 0 Å². The molecular weight excluding hydrogens is 495 g/mol. The fourth-order valence-electron chi connectivity index (χ4n) is 3.81. The van der Waals surface area contributed by atoms with Gasteiger partial charge in [0.15, 0.2) is 5.82 Å². The first kappa shape index (κ1) is 20.4. The Morgan fingerprint density at radius 3 is 2.55 bits per heavy atom. The van der Waals surface area contributed by atoms with Gasteiger partial charge in [-0.3, -0.25) is 0 Å². The third kappa shape index (κ3) is 4.21. The van der Waals surface area contributed by atoms with Gasteiger partial charge in [-0.15, -0.1) is 0 Å². The number of pyridine rings is 1. The van der Waals surface area contributed by atoms with E-state index in [9.17, 15) is 0 Å². The number of nitrogens with zero attached hydrogens (tertiary/aromatic N) is 2. The zero-order valence-corrected chi connectivity index (χ0v) is 19.5. The summed E-state index contributed by atoms with van der Waals surface area (Å²) in [5.41, 5.74) is 3.77. The third-order valence-electron chi connectivity index (χ3n) is 5.19. The summed E-state index contributed by atoms with van der Waals surface area (Å²) in [4.78, 5) is 13.5. The third-order valence-corrected chi connectivity index (χ3v) is 6.77. The van der Waals surface area contributed by atoms with Crippen LogP contribution in [0.1, 0.15) is 51.3 Å². The predicted octanol–water partition coefficient (Wildman–Crippen LogP) is 7.80. The van der Waals surface area contributed by atoms with E-state index in [0.29, 0.717) is 5.92 Å². The zero-order valence-electron chi connectivity index (χ0n) is 16.6.